The Hall–Kier alpha value is -2.33. The average Bonchev–Trinajstić information content (AvgIpc) is 2.63. The van der Waals surface area contributed by atoms with Crippen LogP contribution in [0.1, 0.15) is 21.5 Å². The second kappa shape index (κ2) is 7.70. The molecule has 0 spiro atoms. The van der Waals surface area contributed by atoms with E-state index < -0.39 is 0 Å². The van der Waals surface area contributed by atoms with Gasteiger partial charge in [-0.15, -0.1) is 0 Å². The topological polar surface area (TPSA) is 40.6 Å². The molecule has 3 rings (SSSR count). The van der Waals surface area contributed by atoms with Crippen LogP contribution < -0.4 is 0 Å². The van der Waals surface area contributed by atoms with Crippen LogP contribution in [-0.4, -0.2) is 47.8 Å². The second-order valence-electron chi connectivity index (χ2n) is 6.29. The highest BCUT2D eigenvalue weighted by molar-refractivity contribution is 6.30. The Bertz CT molecular complexity index is 766. The fourth-order valence-corrected chi connectivity index (χ4v) is 3.16. The number of hydrogen-bond donors (Lipinski definition) is 0. The molecule has 2 amide bonds. The molecule has 2 aromatic rings. The first-order chi connectivity index (χ1) is 12.0. The number of carbonyl (C=O) groups is 2. The van der Waals surface area contributed by atoms with Crippen molar-refractivity contribution in [2.75, 3.05) is 26.2 Å². The summed E-state index contributed by atoms with van der Waals surface area (Å²) in [4.78, 5) is 28.7. The minimum Gasteiger partial charge on any atom is -0.339 e. The summed E-state index contributed by atoms with van der Waals surface area (Å²) >= 11 is 5.87. The molecule has 25 heavy (non-hydrogen) atoms. The van der Waals surface area contributed by atoms with Gasteiger partial charge in [0.25, 0.3) is 5.91 Å². The van der Waals surface area contributed by atoms with Gasteiger partial charge in [-0.3, -0.25) is 9.59 Å². The molecule has 4 nitrogen and oxygen atoms in total. The number of halogens is 1. The molecule has 5 heteroatoms. The lowest BCUT2D eigenvalue weighted by molar-refractivity contribution is -0.131. The summed E-state index contributed by atoms with van der Waals surface area (Å²) in [5.41, 5.74) is 2.67. The zero-order valence-electron chi connectivity index (χ0n) is 14.2. The lowest BCUT2D eigenvalue weighted by Gasteiger charge is -2.35. The van der Waals surface area contributed by atoms with Crippen molar-refractivity contribution in [3.8, 4) is 0 Å². The minimum atomic E-state index is 0.0444. The lowest BCUT2D eigenvalue weighted by atomic mass is 10.1. The Labute approximate surface area is 153 Å². The first-order valence-electron chi connectivity index (χ1n) is 8.42. The van der Waals surface area contributed by atoms with E-state index in [1.807, 2.05) is 53.1 Å². The van der Waals surface area contributed by atoms with E-state index in [-0.39, 0.29) is 11.8 Å². The van der Waals surface area contributed by atoms with Crippen LogP contribution in [0.3, 0.4) is 0 Å². The van der Waals surface area contributed by atoms with Crippen molar-refractivity contribution in [1.82, 2.24) is 9.80 Å². The van der Waals surface area contributed by atoms with Gasteiger partial charge in [0.15, 0.2) is 0 Å². The van der Waals surface area contributed by atoms with E-state index in [1.165, 1.54) is 0 Å². The highest BCUT2D eigenvalue weighted by Crippen LogP contribution is 2.14. The van der Waals surface area contributed by atoms with Crippen LogP contribution in [-0.2, 0) is 11.2 Å². The van der Waals surface area contributed by atoms with Crippen molar-refractivity contribution in [3.05, 3.63) is 70.2 Å². The third kappa shape index (κ3) is 4.20. The molecule has 0 atom stereocenters. The van der Waals surface area contributed by atoms with Crippen molar-refractivity contribution >= 4 is 23.4 Å². The van der Waals surface area contributed by atoms with Crippen LogP contribution in [0.5, 0.6) is 0 Å². The van der Waals surface area contributed by atoms with Gasteiger partial charge in [-0.2, -0.15) is 0 Å². The normalized spacial score (nSPS) is 14.5. The molecule has 130 valence electrons. The number of amides is 2. The second-order valence-corrected chi connectivity index (χ2v) is 6.73. The Morgan fingerprint density at radius 2 is 1.52 bits per heavy atom. The maximum absolute atomic E-state index is 12.6. The van der Waals surface area contributed by atoms with Crippen LogP contribution in [0, 0.1) is 6.92 Å². The Morgan fingerprint density at radius 3 is 2.16 bits per heavy atom. The van der Waals surface area contributed by atoms with E-state index in [0.29, 0.717) is 37.6 Å². The average molecular weight is 357 g/mol. The van der Waals surface area contributed by atoms with E-state index in [4.69, 9.17) is 11.6 Å². The maximum Gasteiger partial charge on any atom is 0.254 e. The van der Waals surface area contributed by atoms with Crippen molar-refractivity contribution < 1.29 is 9.59 Å². The van der Waals surface area contributed by atoms with E-state index >= 15 is 0 Å². The number of aryl methyl sites for hydroxylation is 1. The predicted octanol–water partition coefficient (Wildman–Crippen LogP) is 3.18. The molecule has 0 unspecified atom stereocenters. The zero-order valence-corrected chi connectivity index (χ0v) is 15.0. The van der Waals surface area contributed by atoms with E-state index in [2.05, 4.69) is 0 Å². The molecule has 0 radical (unpaired) electrons. The fourth-order valence-electron chi connectivity index (χ4n) is 3.03. The fraction of sp³-hybridized carbons (Fsp3) is 0.300. The summed E-state index contributed by atoms with van der Waals surface area (Å²) in [6.07, 6.45) is 0.364. The smallest absolute Gasteiger partial charge is 0.254 e. The molecule has 1 aliphatic heterocycles. The molecule has 1 fully saturated rings. The molecule has 0 aliphatic carbocycles. The monoisotopic (exact) mass is 356 g/mol. The summed E-state index contributed by atoms with van der Waals surface area (Å²) < 4.78 is 0. The third-order valence-electron chi connectivity index (χ3n) is 4.56. The predicted molar refractivity (Wildman–Crippen MR) is 98.8 cm³/mol. The Morgan fingerprint density at radius 1 is 0.920 bits per heavy atom. The largest absolute Gasteiger partial charge is 0.339 e. The molecule has 1 aliphatic rings. The number of rotatable bonds is 3. The molecule has 1 heterocycles. The van der Waals surface area contributed by atoms with Crippen LogP contribution in [0.2, 0.25) is 5.02 Å². The summed E-state index contributed by atoms with van der Waals surface area (Å²) in [5.74, 6) is 0.133. The zero-order chi connectivity index (χ0) is 17.8. The van der Waals surface area contributed by atoms with Gasteiger partial charge < -0.3 is 9.80 Å². The van der Waals surface area contributed by atoms with Crippen molar-refractivity contribution in [3.63, 3.8) is 0 Å². The molecular formula is C20H21ClN2O2. The van der Waals surface area contributed by atoms with Gasteiger partial charge in [-0.25, -0.2) is 0 Å². The Kier molecular flexibility index (Phi) is 5.39. The number of piperazine rings is 1. The standard InChI is InChI=1S/C20H21ClN2O2/c1-15-4-2-3-5-18(15)20(25)23-12-10-22(11-13-23)19(24)14-16-6-8-17(21)9-7-16/h2-9H,10-14H2,1H3. The summed E-state index contributed by atoms with van der Waals surface area (Å²) in [5, 5.41) is 0.666. The quantitative estimate of drug-likeness (QED) is 0.847. The van der Waals surface area contributed by atoms with Gasteiger partial charge in [-0.1, -0.05) is 41.9 Å². The number of hydrogen-bond acceptors (Lipinski definition) is 2. The minimum absolute atomic E-state index is 0.0444. The van der Waals surface area contributed by atoms with Crippen molar-refractivity contribution in [2.45, 2.75) is 13.3 Å². The third-order valence-corrected chi connectivity index (χ3v) is 4.82. The van der Waals surface area contributed by atoms with E-state index in [1.54, 1.807) is 12.1 Å². The van der Waals surface area contributed by atoms with Crippen LogP contribution in [0.4, 0.5) is 0 Å². The van der Waals surface area contributed by atoms with Gasteiger partial charge in [-0.05, 0) is 36.2 Å². The SMILES string of the molecule is Cc1ccccc1C(=O)N1CCN(C(=O)Cc2ccc(Cl)cc2)CC1. The summed E-state index contributed by atoms with van der Waals surface area (Å²) in [6, 6.07) is 14.9. The van der Waals surface area contributed by atoms with Crippen LogP contribution in [0.25, 0.3) is 0 Å². The van der Waals surface area contributed by atoms with Crippen LogP contribution in [0.15, 0.2) is 48.5 Å². The molecule has 2 aromatic carbocycles. The highest BCUT2D eigenvalue weighted by atomic mass is 35.5. The summed E-state index contributed by atoms with van der Waals surface area (Å²) in [6.45, 7) is 4.23. The molecule has 0 aromatic heterocycles. The first kappa shape index (κ1) is 17.5. The molecule has 0 saturated carbocycles. The van der Waals surface area contributed by atoms with Crippen LogP contribution >= 0.6 is 11.6 Å². The van der Waals surface area contributed by atoms with Crippen molar-refractivity contribution in [2.24, 2.45) is 0 Å². The Balaban J connectivity index is 1.56. The van der Waals surface area contributed by atoms with Gasteiger partial charge >= 0.3 is 0 Å². The number of benzene rings is 2. The molecular weight excluding hydrogens is 336 g/mol. The van der Waals surface area contributed by atoms with Gasteiger partial charge in [0, 0.05) is 36.8 Å². The summed E-state index contributed by atoms with van der Waals surface area (Å²) in [7, 11) is 0. The highest BCUT2D eigenvalue weighted by Gasteiger charge is 2.25. The van der Waals surface area contributed by atoms with Gasteiger partial charge in [0.1, 0.15) is 0 Å². The first-order valence-corrected chi connectivity index (χ1v) is 8.79. The lowest BCUT2D eigenvalue weighted by Crippen LogP contribution is -2.51. The van der Waals surface area contributed by atoms with Gasteiger partial charge in [0.05, 0.1) is 6.42 Å². The number of carbonyl (C=O) groups excluding carboxylic acids is 2. The van der Waals surface area contributed by atoms with Gasteiger partial charge in [0.2, 0.25) is 5.91 Å². The van der Waals surface area contributed by atoms with Crippen molar-refractivity contribution in [1.29, 1.82) is 0 Å². The maximum atomic E-state index is 12.6. The molecule has 0 bridgehead atoms. The number of nitrogens with zero attached hydrogens (tertiary/aromatic N) is 2. The molecule has 0 N–H and O–H groups in total. The molecule has 1 saturated heterocycles. The van der Waals surface area contributed by atoms with E-state index in [0.717, 1.165) is 16.7 Å². The van der Waals surface area contributed by atoms with E-state index in [9.17, 15) is 9.59 Å².